The number of aryl methyl sites for hydroxylation is 1. The second kappa shape index (κ2) is 7.67. The Bertz CT molecular complexity index is 977. The van der Waals surface area contributed by atoms with Crippen LogP contribution in [0.1, 0.15) is 12.5 Å². The summed E-state index contributed by atoms with van der Waals surface area (Å²) in [6.45, 7) is 3.57. The van der Waals surface area contributed by atoms with E-state index in [9.17, 15) is 4.79 Å². The highest BCUT2D eigenvalue weighted by atomic mass is 35.5. The highest BCUT2D eigenvalue weighted by Crippen LogP contribution is 2.31. The zero-order valence-electron chi connectivity index (χ0n) is 14.0. The monoisotopic (exact) mass is 410 g/mol. The molecule has 1 amide bonds. The fourth-order valence-corrected chi connectivity index (χ4v) is 3.74. The molecule has 9 heteroatoms. The molecule has 136 valence electrons. The molecular formula is C17H16Cl2N4O2S. The molecule has 0 aliphatic carbocycles. The summed E-state index contributed by atoms with van der Waals surface area (Å²) in [5.74, 6) is 5.51. The van der Waals surface area contributed by atoms with Crippen molar-refractivity contribution in [3.63, 3.8) is 0 Å². The highest BCUT2D eigenvalue weighted by Gasteiger charge is 2.17. The Labute approximate surface area is 164 Å². The number of nitrogens with zero attached hydrogens (tertiary/aromatic N) is 1. The third-order valence-electron chi connectivity index (χ3n) is 3.64. The maximum Gasteiger partial charge on any atom is 0.265 e. The number of nitrogens with two attached hydrogens (primary N) is 1. The Kier molecular flexibility index (Phi) is 5.52. The molecule has 0 fully saturated rings. The van der Waals surface area contributed by atoms with Crippen LogP contribution in [0.3, 0.4) is 0 Å². The molecule has 1 atom stereocenters. The van der Waals surface area contributed by atoms with Gasteiger partial charge in [0.25, 0.3) is 5.91 Å². The number of anilines is 2. The minimum Gasteiger partial charge on any atom is -0.479 e. The molecule has 0 saturated heterocycles. The van der Waals surface area contributed by atoms with Gasteiger partial charge >= 0.3 is 0 Å². The summed E-state index contributed by atoms with van der Waals surface area (Å²) in [6.07, 6.45) is -0.743. The number of ether oxygens (including phenoxy) is 1. The first kappa shape index (κ1) is 18.7. The van der Waals surface area contributed by atoms with Crippen molar-refractivity contribution >= 4 is 61.5 Å². The molecule has 0 bridgehead atoms. The van der Waals surface area contributed by atoms with Crippen LogP contribution in [0.2, 0.25) is 10.0 Å². The van der Waals surface area contributed by atoms with E-state index in [0.717, 1.165) is 15.8 Å². The fourth-order valence-electron chi connectivity index (χ4n) is 2.39. The van der Waals surface area contributed by atoms with Gasteiger partial charge in [-0.1, -0.05) is 34.5 Å². The van der Waals surface area contributed by atoms with Crippen LogP contribution in [0.4, 0.5) is 10.8 Å². The van der Waals surface area contributed by atoms with Crippen molar-refractivity contribution in [3.05, 3.63) is 45.9 Å². The summed E-state index contributed by atoms with van der Waals surface area (Å²) < 4.78 is 6.55. The number of amides is 1. The van der Waals surface area contributed by atoms with E-state index in [2.05, 4.69) is 15.7 Å². The van der Waals surface area contributed by atoms with Gasteiger partial charge in [-0.25, -0.2) is 10.8 Å². The van der Waals surface area contributed by atoms with Crippen LogP contribution in [-0.2, 0) is 4.79 Å². The van der Waals surface area contributed by atoms with Gasteiger partial charge in [-0.05, 0) is 49.7 Å². The summed E-state index contributed by atoms with van der Waals surface area (Å²) in [7, 11) is 0. The summed E-state index contributed by atoms with van der Waals surface area (Å²) in [5, 5.41) is 4.31. The first-order valence-corrected chi connectivity index (χ1v) is 9.25. The Morgan fingerprint density at radius 3 is 2.77 bits per heavy atom. The smallest absolute Gasteiger partial charge is 0.265 e. The number of fused-ring (bicyclic) bond motifs is 1. The molecule has 2 aromatic carbocycles. The van der Waals surface area contributed by atoms with Crippen molar-refractivity contribution in [1.29, 1.82) is 0 Å². The van der Waals surface area contributed by atoms with Crippen LogP contribution in [0.25, 0.3) is 10.2 Å². The van der Waals surface area contributed by atoms with Crippen LogP contribution in [-0.4, -0.2) is 17.0 Å². The van der Waals surface area contributed by atoms with E-state index >= 15 is 0 Å². The first-order chi connectivity index (χ1) is 12.4. The molecule has 6 nitrogen and oxygen atoms in total. The predicted octanol–water partition coefficient (Wildman–Crippen LogP) is 4.60. The van der Waals surface area contributed by atoms with E-state index in [4.69, 9.17) is 33.8 Å². The zero-order valence-corrected chi connectivity index (χ0v) is 16.3. The molecule has 4 N–H and O–H groups in total. The van der Waals surface area contributed by atoms with Gasteiger partial charge in [0.1, 0.15) is 5.75 Å². The van der Waals surface area contributed by atoms with Crippen LogP contribution in [0.5, 0.6) is 5.75 Å². The average molecular weight is 411 g/mol. The largest absolute Gasteiger partial charge is 0.479 e. The first-order valence-electron chi connectivity index (χ1n) is 7.67. The number of carbonyl (C=O) groups excluding carboxylic acids is 1. The van der Waals surface area contributed by atoms with Gasteiger partial charge in [-0.2, -0.15) is 0 Å². The molecule has 0 radical (unpaired) electrons. The summed E-state index contributed by atoms with van der Waals surface area (Å²) in [6, 6.07) is 8.54. The lowest BCUT2D eigenvalue weighted by Crippen LogP contribution is -2.30. The Balaban J connectivity index is 1.75. The Morgan fingerprint density at radius 2 is 2.08 bits per heavy atom. The number of hydrogen-bond acceptors (Lipinski definition) is 6. The van der Waals surface area contributed by atoms with E-state index in [1.54, 1.807) is 25.1 Å². The van der Waals surface area contributed by atoms with E-state index in [-0.39, 0.29) is 5.91 Å². The normalized spacial score (nSPS) is 12.0. The zero-order chi connectivity index (χ0) is 18.8. The lowest BCUT2D eigenvalue weighted by molar-refractivity contribution is -0.122. The van der Waals surface area contributed by atoms with Crippen molar-refractivity contribution in [2.75, 3.05) is 10.7 Å². The van der Waals surface area contributed by atoms with Crippen LogP contribution < -0.4 is 21.3 Å². The fraction of sp³-hybridized carbons (Fsp3) is 0.176. The molecule has 3 rings (SSSR count). The molecule has 0 aliphatic rings. The number of rotatable bonds is 5. The third kappa shape index (κ3) is 4.02. The predicted molar refractivity (Wildman–Crippen MR) is 107 cm³/mol. The van der Waals surface area contributed by atoms with Crippen molar-refractivity contribution < 1.29 is 9.53 Å². The number of halogens is 2. The van der Waals surface area contributed by atoms with E-state index in [0.29, 0.717) is 26.6 Å². The van der Waals surface area contributed by atoms with Gasteiger partial charge in [0.2, 0.25) is 0 Å². The van der Waals surface area contributed by atoms with Crippen molar-refractivity contribution in [2.24, 2.45) is 5.84 Å². The maximum absolute atomic E-state index is 12.5. The van der Waals surface area contributed by atoms with Crippen molar-refractivity contribution in [3.8, 4) is 5.75 Å². The van der Waals surface area contributed by atoms with E-state index < -0.39 is 6.10 Å². The SMILES string of the molecule is Cc1cc(NC(=O)[C@@H](C)Oc2ccc(Cl)cc2Cl)cc2sc(NN)nc12. The van der Waals surface area contributed by atoms with Crippen LogP contribution >= 0.6 is 34.5 Å². The molecular weight excluding hydrogens is 395 g/mol. The third-order valence-corrected chi connectivity index (χ3v) is 5.11. The molecule has 0 unspecified atom stereocenters. The van der Waals surface area contributed by atoms with Gasteiger partial charge in [0, 0.05) is 10.7 Å². The summed E-state index contributed by atoms with van der Waals surface area (Å²) in [4.78, 5) is 16.8. The number of aromatic nitrogens is 1. The van der Waals surface area contributed by atoms with Crippen LogP contribution in [0, 0.1) is 6.92 Å². The number of thiazole rings is 1. The number of nitrogens with one attached hydrogen (secondary N) is 2. The molecule has 0 saturated carbocycles. The number of carbonyl (C=O) groups is 1. The van der Waals surface area contributed by atoms with E-state index in [1.165, 1.54) is 11.3 Å². The van der Waals surface area contributed by atoms with Crippen molar-refractivity contribution in [1.82, 2.24) is 4.98 Å². The maximum atomic E-state index is 12.5. The molecule has 0 spiro atoms. The van der Waals surface area contributed by atoms with Gasteiger partial charge in [0.05, 0.1) is 15.2 Å². The second-order valence-electron chi connectivity index (χ2n) is 5.63. The molecule has 3 aromatic rings. The van der Waals surface area contributed by atoms with Crippen molar-refractivity contribution in [2.45, 2.75) is 20.0 Å². The number of nitrogen functional groups attached to an aromatic ring is 1. The molecule has 1 heterocycles. The average Bonchev–Trinajstić information content (AvgIpc) is 3.01. The summed E-state index contributed by atoms with van der Waals surface area (Å²) in [5.41, 5.74) is 4.97. The van der Waals surface area contributed by atoms with Gasteiger partial charge in [-0.15, -0.1) is 0 Å². The quantitative estimate of drug-likeness (QED) is 0.422. The van der Waals surface area contributed by atoms with Gasteiger partial charge < -0.3 is 10.1 Å². The molecule has 1 aromatic heterocycles. The number of benzene rings is 2. The summed E-state index contributed by atoms with van der Waals surface area (Å²) >= 11 is 13.3. The Hall–Kier alpha value is -2.06. The second-order valence-corrected chi connectivity index (χ2v) is 7.50. The highest BCUT2D eigenvalue weighted by molar-refractivity contribution is 7.22. The standard InChI is InChI=1S/C17H16Cl2N4O2S/c1-8-5-11(7-14-15(8)22-17(23-20)26-14)21-16(24)9(2)25-13-4-3-10(18)6-12(13)19/h3-7,9H,20H2,1-2H3,(H,21,24)(H,22,23)/t9-/m1/s1. The minimum absolute atomic E-state index is 0.295. The van der Waals surface area contributed by atoms with Crippen LogP contribution in [0.15, 0.2) is 30.3 Å². The minimum atomic E-state index is -0.743. The van der Waals surface area contributed by atoms with Gasteiger partial charge in [0.15, 0.2) is 11.2 Å². The van der Waals surface area contributed by atoms with E-state index in [1.807, 2.05) is 19.1 Å². The number of hydrazine groups is 1. The topological polar surface area (TPSA) is 89.3 Å². The lowest BCUT2D eigenvalue weighted by Gasteiger charge is -2.16. The molecule has 26 heavy (non-hydrogen) atoms. The number of hydrogen-bond donors (Lipinski definition) is 3. The van der Waals surface area contributed by atoms with Gasteiger partial charge in [-0.3, -0.25) is 10.2 Å². The molecule has 0 aliphatic heterocycles. The lowest BCUT2D eigenvalue weighted by atomic mass is 10.2. The Morgan fingerprint density at radius 1 is 1.31 bits per heavy atom.